The third kappa shape index (κ3) is 5.16. The molecule has 41 heavy (non-hydrogen) atoms. The number of nitrogens with zero attached hydrogens (tertiary/aromatic N) is 4. The van der Waals surface area contributed by atoms with Gasteiger partial charge in [0.25, 0.3) is 0 Å². The van der Waals surface area contributed by atoms with E-state index in [2.05, 4.69) is 9.62 Å². The molecule has 5 aromatic rings. The maximum Gasteiger partial charge on any atom is 0.240 e. The summed E-state index contributed by atoms with van der Waals surface area (Å²) in [5, 5.41) is 6.80. The van der Waals surface area contributed by atoms with Crippen molar-refractivity contribution in [2.24, 2.45) is 0 Å². The predicted octanol–water partition coefficient (Wildman–Crippen LogP) is 5.32. The largest absolute Gasteiger partial charge is 0.493 e. The molecule has 1 fully saturated rings. The number of hydrogen-bond acceptors (Lipinski definition) is 8. The molecule has 0 aliphatic carbocycles. The molecule has 0 saturated carbocycles. The first-order valence-electron chi connectivity index (χ1n) is 13.3. The van der Waals surface area contributed by atoms with Crippen LogP contribution in [0.5, 0.6) is 11.5 Å². The number of anilines is 1. The van der Waals surface area contributed by atoms with Crippen molar-refractivity contribution in [2.75, 3.05) is 32.2 Å². The van der Waals surface area contributed by atoms with Crippen LogP contribution in [-0.4, -0.2) is 56.4 Å². The number of aromatic nitrogens is 3. The first-order valence-corrected chi connectivity index (χ1v) is 15.6. The predicted molar refractivity (Wildman–Crippen MR) is 162 cm³/mol. The third-order valence-electron chi connectivity index (χ3n) is 7.34. The van der Waals surface area contributed by atoms with E-state index in [4.69, 9.17) is 19.6 Å². The summed E-state index contributed by atoms with van der Waals surface area (Å²) in [4.78, 5) is 8.45. The smallest absolute Gasteiger partial charge is 0.240 e. The van der Waals surface area contributed by atoms with Crippen LogP contribution in [0.2, 0.25) is 0 Å². The molecular weight excluding hydrogens is 558 g/mol. The molecule has 2 aromatic carbocycles. The molecule has 4 heterocycles. The zero-order chi connectivity index (χ0) is 28.7. The molecule has 0 unspecified atom stereocenters. The van der Waals surface area contributed by atoms with Crippen molar-refractivity contribution in [1.82, 2.24) is 19.3 Å². The number of thiophene rings is 1. The Morgan fingerprint density at radius 3 is 2.44 bits per heavy atom. The van der Waals surface area contributed by atoms with Gasteiger partial charge in [-0.25, -0.2) is 22.6 Å². The number of aryl methyl sites for hydroxylation is 2. The normalized spacial score (nSPS) is 15.5. The van der Waals surface area contributed by atoms with Crippen molar-refractivity contribution in [3.63, 3.8) is 0 Å². The van der Waals surface area contributed by atoms with Gasteiger partial charge in [-0.2, -0.15) is 5.10 Å². The number of fused-ring (bicyclic) bond motifs is 1. The molecule has 1 aliphatic rings. The molecule has 3 aromatic heterocycles. The maximum atomic E-state index is 13.2. The zero-order valence-electron chi connectivity index (χ0n) is 23.3. The Balaban J connectivity index is 1.25. The first-order chi connectivity index (χ1) is 19.8. The summed E-state index contributed by atoms with van der Waals surface area (Å²) in [6, 6.07) is 18.6. The Morgan fingerprint density at radius 1 is 0.976 bits per heavy atom. The highest BCUT2D eigenvalue weighted by atomic mass is 32.2. The number of methoxy groups -OCH3 is 2. The molecule has 0 spiro atoms. The first kappa shape index (κ1) is 27.3. The van der Waals surface area contributed by atoms with Crippen LogP contribution in [-0.2, 0) is 10.0 Å². The molecule has 1 atom stereocenters. The average molecular weight is 590 g/mol. The number of sulfonamides is 1. The summed E-state index contributed by atoms with van der Waals surface area (Å²) in [5.41, 5.74) is 6.10. The number of rotatable bonds is 8. The SMILES string of the molecule is COc1ccc(-c2c(C)nc3c(N4CC[C@@H](NS(=O)(=O)c5ccc(-c6cccs6)cc5)C4)cc(C)nn23)cc1OC. The molecule has 212 valence electrons. The van der Waals surface area contributed by atoms with E-state index in [9.17, 15) is 8.42 Å². The minimum Gasteiger partial charge on any atom is -0.493 e. The average Bonchev–Trinajstić information content (AvgIpc) is 3.73. The van der Waals surface area contributed by atoms with E-state index in [1.54, 1.807) is 37.7 Å². The molecule has 1 saturated heterocycles. The van der Waals surface area contributed by atoms with E-state index < -0.39 is 10.0 Å². The summed E-state index contributed by atoms with van der Waals surface area (Å²) < 4.78 is 42.2. The molecule has 9 nitrogen and oxygen atoms in total. The van der Waals surface area contributed by atoms with E-state index >= 15 is 0 Å². The highest BCUT2D eigenvalue weighted by Gasteiger charge is 2.30. The Bertz CT molecular complexity index is 1820. The van der Waals surface area contributed by atoms with Crippen molar-refractivity contribution < 1.29 is 17.9 Å². The lowest BCUT2D eigenvalue weighted by molar-refractivity contribution is 0.355. The summed E-state index contributed by atoms with van der Waals surface area (Å²) in [5.74, 6) is 1.28. The second kappa shape index (κ2) is 10.8. The molecule has 1 N–H and O–H groups in total. The van der Waals surface area contributed by atoms with Crippen molar-refractivity contribution in [3.05, 3.63) is 77.4 Å². The number of ether oxygens (including phenoxy) is 2. The van der Waals surface area contributed by atoms with Gasteiger partial charge in [0.05, 0.1) is 41.9 Å². The van der Waals surface area contributed by atoms with E-state index in [0.29, 0.717) is 31.0 Å². The van der Waals surface area contributed by atoms with Gasteiger partial charge in [0, 0.05) is 29.6 Å². The van der Waals surface area contributed by atoms with Crippen LogP contribution in [0.3, 0.4) is 0 Å². The lowest BCUT2D eigenvalue weighted by atomic mass is 10.1. The van der Waals surface area contributed by atoms with Gasteiger partial charge in [-0.05, 0) is 73.7 Å². The Hall–Kier alpha value is -3.93. The number of benzene rings is 2. The molecule has 0 bridgehead atoms. The van der Waals surface area contributed by atoms with Gasteiger partial charge < -0.3 is 14.4 Å². The van der Waals surface area contributed by atoms with Crippen LogP contribution in [0, 0.1) is 13.8 Å². The number of nitrogens with one attached hydrogen (secondary N) is 1. The second-order valence-electron chi connectivity index (χ2n) is 10.1. The van der Waals surface area contributed by atoms with Crippen LogP contribution in [0.25, 0.3) is 27.3 Å². The van der Waals surface area contributed by atoms with Gasteiger partial charge >= 0.3 is 0 Å². The van der Waals surface area contributed by atoms with Crippen molar-refractivity contribution in [1.29, 1.82) is 0 Å². The van der Waals surface area contributed by atoms with Gasteiger partial charge in [-0.3, -0.25) is 0 Å². The van der Waals surface area contributed by atoms with Crippen LogP contribution in [0.15, 0.2) is 70.9 Å². The molecule has 11 heteroatoms. The van der Waals surface area contributed by atoms with E-state index in [1.165, 1.54) is 0 Å². The fraction of sp³-hybridized carbons (Fsp3) is 0.267. The van der Waals surface area contributed by atoms with Gasteiger partial charge in [-0.1, -0.05) is 18.2 Å². The van der Waals surface area contributed by atoms with Crippen molar-refractivity contribution in [3.8, 4) is 33.2 Å². The van der Waals surface area contributed by atoms with Crippen LogP contribution in [0.1, 0.15) is 17.8 Å². The summed E-state index contributed by atoms with van der Waals surface area (Å²) in [7, 11) is -0.442. The fourth-order valence-electron chi connectivity index (χ4n) is 5.38. The molecular formula is C30H31N5O4S2. The molecule has 1 aliphatic heterocycles. The van der Waals surface area contributed by atoms with Crippen LogP contribution in [0.4, 0.5) is 5.69 Å². The minimum atomic E-state index is -3.67. The van der Waals surface area contributed by atoms with Crippen LogP contribution >= 0.6 is 11.3 Å². The van der Waals surface area contributed by atoms with Crippen molar-refractivity contribution in [2.45, 2.75) is 31.2 Å². The topological polar surface area (TPSA) is 98.1 Å². The lowest BCUT2D eigenvalue weighted by Crippen LogP contribution is -2.37. The van der Waals surface area contributed by atoms with Gasteiger partial charge in [-0.15, -0.1) is 11.3 Å². The molecule has 6 rings (SSSR count). The monoisotopic (exact) mass is 589 g/mol. The van der Waals surface area contributed by atoms with Gasteiger partial charge in [0.15, 0.2) is 17.1 Å². The van der Waals surface area contributed by atoms with Crippen molar-refractivity contribution >= 4 is 32.7 Å². The quantitative estimate of drug-likeness (QED) is 0.262. The van der Waals surface area contributed by atoms with E-state index in [-0.39, 0.29) is 10.9 Å². The third-order valence-corrected chi connectivity index (χ3v) is 9.79. The lowest BCUT2D eigenvalue weighted by Gasteiger charge is -2.20. The molecule has 0 radical (unpaired) electrons. The molecule has 0 amide bonds. The Labute approximate surface area is 243 Å². The Morgan fingerprint density at radius 2 is 1.73 bits per heavy atom. The Kier molecular flexibility index (Phi) is 7.18. The number of hydrogen-bond donors (Lipinski definition) is 1. The van der Waals surface area contributed by atoms with Gasteiger partial charge in [0.1, 0.15) is 0 Å². The fourth-order valence-corrected chi connectivity index (χ4v) is 7.38. The highest BCUT2D eigenvalue weighted by Crippen LogP contribution is 2.36. The summed E-state index contributed by atoms with van der Waals surface area (Å²) in [6.45, 7) is 5.14. The zero-order valence-corrected chi connectivity index (χ0v) is 24.9. The van der Waals surface area contributed by atoms with Crippen LogP contribution < -0.4 is 19.1 Å². The standard InChI is InChI=1S/C30H31N5O4S2/c1-19-16-25(30-31-20(2)29(35(30)32-19)22-9-12-26(38-3)27(17-22)39-4)34-14-13-23(18-34)33-41(36,37)24-10-7-21(8-11-24)28-6-5-15-40-28/h5-12,15-17,23,33H,13-14,18H2,1-4H3/t23-/m1/s1. The number of imidazole rings is 1. The van der Waals surface area contributed by atoms with Gasteiger partial charge in [0.2, 0.25) is 10.0 Å². The van der Waals surface area contributed by atoms with E-state index in [1.807, 2.05) is 72.3 Å². The van der Waals surface area contributed by atoms with E-state index in [0.717, 1.165) is 44.4 Å². The minimum absolute atomic E-state index is 0.230. The maximum absolute atomic E-state index is 13.2. The summed E-state index contributed by atoms with van der Waals surface area (Å²) >= 11 is 1.63. The summed E-state index contributed by atoms with van der Waals surface area (Å²) in [6.07, 6.45) is 0.683. The highest BCUT2D eigenvalue weighted by molar-refractivity contribution is 7.89. The second-order valence-corrected chi connectivity index (χ2v) is 12.7.